The van der Waals surface area contributed by atoms with Gasteiger partial charge in [0.2, 0.25) is 0 Å². The number of nitrogens with two attached hydrogens (primary N) is 1. The molecule has 0 radical (unpaired) electrons. The van der Waals surface area contributed by atoms with Gasteiger partial charge in [-0.15, -0.1) is 0 Å². The molecule has 1 saturated carbocycles. The summed E-state index contributed by atoms with van der Waals surface area (Å²) in [4.78, 5) is 24.8. The van der Waals surface area contributed by atoms with Gasteiger partial charge in [-0.25, -0.2) is 4.79 Å². The number of benzene rings is 1. The van der Waals surface area contributed by atoms with Crippen LogP contribution >= 0.6 is 0 Å². The topological polar surface area (TPSA) is 90.7 Å². The van der Waals surface area contributed by atoms with Crippen LogP contribution in [0.2, 0.25) is 0 Å². The summed E-state index contributed by atoms with van der Waals surface area (Å²) in [5.74, 6) is -2.41. The van der Waals surface area contributed by atoms with E-state index in [4.69, 9.17) is 15.2 Å². The number of hydrogen-bond donors (Lipinski definition) is 2. The van der Waals surface area contributed by atoms with Crippen molar-refractivity contribution < 1.29 is 19.1 Å². The smallest absolute Gasteiger partial charge is 0.402 e. The van der Waals surface area contributed by atoms with Crippen LogP contribution in [0.5, 0.6) is 0 Å². The van der Waals surface area contributed by atoms with E-state index in [1.165, 1.54) is 6.42 Å². The number of carbonyl (C=O) groups is 2. The van der Waals surface area contributed by atoms with Crippen molar-refractivity contribution in [2.24, 2.45) is 5.73 Å². The Balaban J connectivity index is 2.40. The van der Waals surface area contributed by atoms with Gasteiger partial charge >= 0.3 is 11.9 Å². The molecular formula is C19H28N2O4. The van der Waals surface area contributed by atoms with Crippen LogP contribution in [0.4, 0.5) is 4.79 Å². The maximum absolute atomic E-state index is 13.2. The average molecular weight is 348 g/mol. The zero-order chi connectivity index (χ0) is 18.5. The Morgan fingerprint density at radius 3 is 2.20 bits per heavy atom. The first-order valence-corrected chi connectivity index (χ1v) is 8.78. The molecule has 0 heterocycles. The van der Waals surface area contributed by atoms with Gasteiger partial charge in [-0.3, -0.25) is 4.79 Å². The van der Waals surface area contributed by atoms with Crippen LogP contribution in [0.15, 0.2) is 30.3 Å². The Morgan fingerprint density at radius 1 is 1.08 bits per heavy atom. The molecule has 0 bridgehead atoms. The maximum Gasteiger partial charge on any atom is 0.407 e. The van der Waals surface area contributed by atoms with Crippen LogP contribution in [0.25, 0.3) is 0 Å². The van der Waals surface area contributed by atoms with Crippen molar-refractivity contribution in [3.05, 3.63) is 35.9 Å². The Morgan fingerprint density at radius 2 is 1.68 bits per heavy atom. The minimum Gasteiger partial charge on any atom is -0.402 e. The first-order chi connectivity index (χ1) is 11.7. The lowest BCUT2D eigenvalue weighted by molar-refractivity contribution is -0.248. The van der Waals surface area contributed by atoms with Gasteiger partial charge in [-0.1, -0.05) is 49.6 Å². The lowest BCUT2D eigenvalue weighted by Crippen LogP contribution is -2.55. The highest BCUT2D eigenvalue weighted by Crippen LogP contribution is 2.33. The summed E-state index contributed by atoms with van der Waals surface area (Å²) in [6.07, 6.45) is 4.06. The second-order valence-corrected chi connectivity index (χ2v) is 7.43. The SMILES string of the molecule is CC(C)(C)OC(OC(N)=O)(C(=O)NC1CCCCC1)c1ccccc1. The van der Waals surface area contributed by atoms with E-state index in [9.17, 15) is 9.59 Å². The molecule has 1 aliphatic carbocycles. The van der Waals surface area contributed by atoms with Crippen LogP contribution in [0.1, 0.15) is 58.4 Å². The molecule has 0 spiro atoms. The van der Waals surface area contributed by atoms with Gasteiger partial charge in [0.25, 0.3) is 5.91 Å². The number of carbonyl (C=O) groups excluding carboxylic acids is 2. The highest BCUT2D eigenvalue weighted by molar-refractivity contribution is 5.87. The molecule has 1 aromatic rings. The standard InChI is InChI=1S/C19H28N2O4/c1-18(2,3)25-19(24-17(20)23,14-10-6-4-7-11-14)16(22)21-15-12-8-5-9-13-15/h4,6-7,10-11,15H,5,8-9,12-13H2,1-3H3,(H2,20,23)(H,21,22). The molecule has 1 aliphatic rings. The largest absolute Gasteiger partial charge is 0.407 e. The van der Waals surface area contributed by atoms with Gasteiger partial charge in [0.05, 0.1) is 5.60 Å². The molecule has 1 unspecified atom stereocenters. The maximum atomic E-state index is 13.2. The van der Waals surface area contributed by atoms with E-state index in [0.717, 1.165) is 25.7 Å². The molecule has 2 rings (SSSR count). The van der Waals surface area contributed by atoms with Crippen molar-refractivity contribution in [2.75, 3.05) is 0 Å². The fraction of sp³-hybridized carbons (Fsp3) is 0.579. The number of hydrogen-bond acceptors (Lipinski definition) is 4. The van der Waals surface area contributed by atoms with Gasteiger partial charge < -0.3 is 20.5 Å². The highest BCUT2D eigenvalue weighted by atomic mass is 16.7. The molecule has 1 atom stereocenters. The van der Waals surface area contributed by atoms with Crippen LogP contribution in [-0.4, -0.2) is 23.6 Å². The molecule has 25 heavy (non-hydrogen) atoms. The van der Waals surface area contributed by atoms with Crippen LogP contribution in [-0.2, 0) is 20.1 Å². The van der Waals surface area contributed by atoms with Crippen molar-refractivity contribution in [1.29, 1.82) is 0 Å². The zero-order valence-electron chi connectivity index (χ0n) is 15.2. The van der Waals surface area contributed by atoms with Crippen LogP contribution in [0, 0.1) is 0 Å². The van der Waals surface area contributed by atoms with Crippen molar-refractivity contribution in [3.63, 3.8) is 0 Å². The van der Waals surface area contributed by atoms with Crippen LogP contribution < -0.4 is 11.1 Å². The molecule has 6 nitrogen and oxygen atoms in total. The average Bonchev–Trinajstić information content (AvgIpc) is 2.54. The molecule has 0 aromatic heterocycles. The number of primary amides is 1. The third-order valence-electron chi connectivity index (χ3n) is 4.09. The zero-order valence-corrected chi connectivity index (χ0v) is 15.2. The van der Waals surface area contributed by atoms with Gasteiger partial charge in [0.1, 0.15) is 0 Å². The summed E-state index contributed by atoms with van der Waals surface area (Å²) in [5, 5.41) is 2.99. The lowest BCUT2D eigenvalue weighted by atomic mass is 9.94. The Bertz CT molecular complexity index is 591. The summed E-state index contributed by atoms with van der Waals surface area (Å²) in [5.41, 5.74) is 4.97. The second-order valence-electron chi connectivity index (χ2n) is 7.43. The van der Waals surface area contributed by atoms with Crippen molar-refractivity contribution in [3.8, 4) is 0 Å². The van der Waals surface area contributed by atoms with E-state index in [2.05, 4.69) is 5.32 Å². The number of ether oxygens (including phenoxy) is 2. The summed E-state index contributed by atoms with van der Waals surface area (Å²) in [6.45, 7) is 5.38. The number of amides is 2. The third kappa shape index (κ3) is 5.19. The van der Waals surface area contributed by atoms with Crippen molar-refractivity contribution in [2.45, 2.75) is 70.3 Å². The highest BCUT2D eigenvalue weighted by Gasteiger charge is 2.49. The Kier molecular flexibility index (Phi) is 6.06. The second kappa shape index (κ2) is 7.87. The third-order valence-corrected chi connectivity index (χ3v) is 4.09. The number of nitrogens with one attached hydrogen (secondary N) is 1. The normalized spacial score (nSPS) is 18.2. The monoisotopic (exact) mass is 348 g/mol. The van der Waals surface area contributed by atoms with Gasteiger partial charge in [0.15, 0.2) is 0 Å². The predicted octanol–water partition coefficient (Wildman–Crippen LogP) is 3.20. The minimum absolute atomic E-state index is 0.0457. The Hall–Kier alpha value is -2.08. The van der Waals surface area contributed by atoms with Crippen LogP contribution in [0.3, 0.4) is 0 Å². The molecule has 6 heteroatoms. The van der Waals surface area contributed by atoms with Gasteiger partial charge in [0, 0.05) is 11.6 Å². The minimum atomic E-state index is -1.91. The molecule has 0 aliphatic heterocycles. The fourth-order valence-electron chi connectivity index (χ4n) is 3.12. The Labute approximate surface area is 149 Å². The lowest BCUT2D eigenvalue weighted by Gasteiger charge is -2.38. The van der Waals surface area contributed by atoms with E-state index >= 15 is 0 Å². The summed E-state index contributed by atoms with van der Waals surface area (Å²) in [7, 11) is 0. The van der Waals surface area contributed by atoms with Gasteiger partial charge in [-0.2, -0.15) is 0 Å². The molecule has 0 saturated heterocycles. The molecule has 3 N–H and O–H groups in total. The molecule has 138 valence electrons. The van der Waals surface area contributed by atoms with E-state index < -0.39 is 23.4 Å². The van der Waals surface area contributed by atoms with E-state index in [-0.39, 0.29) is 6.04 Å². The fourth-order valence-corrected chi connectivity index (χ4v) is 3.12. The first kappa shape index (κ1) is 19.2. The molecule has 2 amide bonds. The summed E-state index contributed by atoms with van der Waals surface area (Å²) < 4.78 is 11.3. The predicted molar refractivity (Wildman–Crippen MR) is 94.6 cm³/mol. The quantitative estimate of drug-likeness (QED) is 0.800. The molecule has 1 fully saturated rings. The summed E-state index contributed by atoms with van der Waals surface area (Å²) >= 11 is 0. The van der Waals surface area contributed by atoms with Crippen molar-refractivity contribution in [1.82, 2.24) is 5.32 Å². The van der Waals surface area contributed by atoms with Gasteiger partial charge in [-0.05, 0) is 33.6 Å². The number of rotatable bonds is 5. The van der Waals surface area contributed by atoms with E-state index in [1.54, 1.807) is 45.0 Å². The van der Waals surface area contributed by atoms with E-state index in [0.29, 0.717) is 5.56 Å². The summed E-state index contributed by atoms with van der Waals surface area (Å²) in [6, 6.07) is 8.76. The first-order valence-electron chi connectivity index (χ1n) is 8.78. The van der Waals surface area contributed by atoms with Crippen molar-refractivity contribution >= 4 is 12.0 Å². The molecular weight excluding hydrogens is 320 g/mol. The molecule has 1 aromatic carbocycles. The van der Waals surface area contributed by atoms with E-state index in [1.807, 2.05) is 6.07 Å².